The smallest absolute Gasteiger partial charge is 0.349 e. The van der Waals surface area contributed by atoms with Gasteiger partial charge in [0.05, 0.1) is 11.5 Å². The van der Waals surface area contributed by atoms with Crippen molar-refractivity contribution >= 4 is 27.1 Å². The van der Waals surface area contributed by atoms with E-state index in [1.165, 1.54) is 0 Å². The number of hydrogen-bond acceptors (Lipinski definition) is 6. The van der Waals surface area contributed by atoms with Crippen molar-refractivity contribution in [3.8, 4) is 5.75 Å². The van der Waals surface area contributed by atoms with Gasteiger partial charge in [0, 0.05) is 4.88 Å². The standard InChI is InChI=1S/C12H16O6S2/c1-6(2)10-3-8(11(19-10)12(14)15)18-9-5-20(16,17)4-7(9)13/h3,6-7,9,13H,4-5H2,1-2H3,(H,14,15). The van der Waals surface area contributed by atoms with Gasteiger partial charge < -0.3 is 14.9 Å². The Hall–Kier alpha value is -1.12. The molecule has 1 aromatic rings. The van der Waals surface area contributed by atoms with Crippen LogP contribution in [0, 0.1) is 0 Å². The van der Waals surface area contributed by atoms with E-state index in [4.69, 9.17) is 9.84 Å². The summed E-state index contributed by atoms with van der Waals surface area (Å²) < 4.78 is 28.3. The predicted octanol–water partition coefficient (Wildman–Crippen LogP) is 1.11. The molecular weight excluding hydrogens is 304 g/mol. The summed E-state index contributed by atoms with van der Waals surface area (Å²) in [7, 11) is -3.33. The van der Waals surface area contributed by atoms with Crippen LogP contribution in [0.4, 0.5) is 0 Å². The van der Waals surface area contributed by atoms with Crippen molar-refractivity contribution in [2.75, 3.05) is 11.5 Å². The molecule has 1 fully saturated rings. The molecular formula is C12H16O6S2. The summed E-state index contributed by atoms with van der Waals surface area (Å²) >= 11 is 1.10. The number of carboxylic acids is 1. The fraction of sp³-hybridized carbons (Fsp3) is 0.583. The first-order chi connectivity index (χ1) is 9.19. The van der Waals surface area contributed by atoms with E-state index >= 15 is 0 Å². The number of carbonyl (C=O) groups is 1. The maximum atomic E-state index is 11.4. The first-order valence-corrected chi connectivity index (χ1v) is 8.75. The molecule has 1 saturated heterocycles. The van der Waals surface area contributed by atoms with Gasteiger partial charge in [-0.3, -0.25) is 0 Å². The summed E-state index contributed by atoms with van der Waals surface area (Å²) in [6.45, 7) is 3.85. The lowest BCUT2D eigenvalue weighted by molar-refractivity contribution is 0.0644. The first kappa shape index (κ1) is 15.3. The fourth-order valence-corrected chi connectivity index (χ4v) is 4.58. The minimum absolute atomic E-state index is 0.0326. The summed E-state index contributed by atoms with van der Waals surface area (Å²) in [5.41, 5.74) is 0. The van der Waals surface area contributed by atoms with Crippen molar-refractivity contribution in [1.29, 1.82) is 0 Å². The second kappa shape index (κ2) is 5.34. The molecule has 2 unspecified atom stereocenters. The second-order valence-corrected chi connectivity index (χ2v) is 8.34. The van der Waals surface area contributed by atoms with Crippen molar-refractivity contribution in [1.82, 2.24) is 0 Å². The van der Waals surface area contributed by atoms with E-state index in [1.807, 2.05) is 13.8 Å². The number of aliphatic hydroxyl groups is 1. The van der Waals surface area contributed by atoms with Crippen molar-refractivity contribution in [3.05, 3.63) is 15.8 Å². The van der Waals surface area contributed by atoms with Crippen molar-refractivity contribution in [2.45, 2.75) is 32.0 Å². The minimum Gasteiger partial charge on any atom is -0.485 e. The molecule has 0 aromatic carbocycles. The van der Waals surface area contributed by atoms with Crippen molar-refractivity contribution in [3.63, 3.8) is 0 Å². The van der Waals surface area contributed by atoms with Crippen LogP contribution in [0.15, 0.2) is 6.07 Å². The average Bonchev–Trinajstić information content (AvgIpc) is 2.81. The molecule has 1 aliphatic rings. The molecule has 0 bridgehead atoms. The monoisotopic (exact) mass is 320 g/mol. The number of carboxylic acid groups (broad SMARTS) is 1. The van der Waals surface area contributed by atoms with E-state index in [0.29, 0.717) is 0 Å². The van der Waals surface area contributed by atoms with Crippen LogP contribution >= 0.6 is 11.3 Å². The highest BCUT2D eigenvalue weighted by Gasteiger charge is 2.39. The summed E-state index contributed by atoms with van der Waals surface area (Å²) in [6, 6.07) is 1.61. The van der Waals surface area contributed by atoms with Crippen LogP contribution in [-0.2, 0) is 9.84 Å². The summed E-state index contributed by atoms with van der Waals surface area (Å²) in [5, 5.41) is 18.8. The Bertz CT molecular complexity index is 616. The van der Waals surface area contributed by atoms with Crippen LogP contribution in [0.5, 0.6) is 5.75 Å². The average molecular weight is 320 g/mol. The van der Waals surface area contributed by atoms with E-state index < -0.39 is 28.0 Å². The number of thiophene rings is 1. The molecule has 1 aromatic heterocycles. The van der Waals surface area contributed by atoms with Crippen molar-refractivity contribution in [2.24, 2.45) is 0 Å². The lowest BCUT2D eigenvalue weighted by Crippen LogP contribution is -2.30. The van der Waals surface area contributed by atoms with Gasteiger partial charge in [-0.2, -0.15) is 0 Å². The molecule has 20 heavy (non-hydrogen) atoms. The zero-order valence-corrected chi connectivity index (χ0v) is 12.7. The Morgan fingerprint density at radius 3 is 2.55 bits per heavy atom. The largest absolute Gasteiger partial charge is 0.485 e. The molecule has 8 heteroatoms. The first-order valence-electron chi connectivity index (χ1n) is 6.12. The molecule has 112 valence electrons. The molecule has 2 heterocycles. The van der Waals surface area contributed by atoms with Gasteiger partial charge in [0.2, 0.25) is 0 Å². The number of aliphatic hydroxyl groups excluding tert-OH is 1. The van der Waals surface area contributed by atoms with Crippen LogP contribution in [0.3, 0.4) is 0 Å². The SMILES string of the molecule is CC(C)c1cc(OC2CS(=O)(=O)CC2O)c(C(=O)O)s1. The molecule has 0 spiro atoms. The predicted molar refractivity (Wildman–Crippen MR) is 74.4 cm³/mol. The lowest BCUT2D eigenvalue weighted by Gasteiger charge is -2.15. The van der Waals surface area contributed by atoms with Gasteiger partial charge in [0.15, 0.2) is 14.7 Å². The summed E-state index contributed by atoms with van der Waals surface area (Å²) in [5.74, 6) is -1.48. The Balaban J connectivity index is 2.27. The van der Waals surface area contributed by atoms with Gasteiger partial charge in [-0.15, -0.1) is 11.3 Å². The normalized spacial score (nSPS) is 25.0. The maximum absolute atomic E-state index is 11.4. The molecule has 0 radical (unpaired) electrons. The molecule has 1 aliphatic heterocycles. The molecule has 2 rings (SSSR count). The Morgan fingerprint density at radius 2 is 2.10 bits per heavy atom. The van der Waals surface area contributed by atoms with E-state index in [1.54, 1.807) is 6.07 Å². The van der Waals surface area contributed by atoms with E-state index in [9.17, 15) is 18.3 Å². The molecule has 2 atom stereocenters. The number of aromatic carboxylic acids is 1. The third-order valence-corrected chi connectivity index (χ3v) is 6.12. The highest BCUT2D eigenvalue weighted by Crippen LogP contribution is 2.35. The van der Waals surface area contributed by atoms with Crippen LogP contribution in [0.25, 0.3) is 0 Å². The van der Waals surface area contributed by atoms with Gasteiger partial charge in [-0.1, -0.05) is 13.8 Å². The zero-order valence-electron chi connectivity index (χ0n) is 11.1. The Morgan fingerprint density at radius 1 is 1.45 bits per heavy atom. The molecule has 2 N–H and O–H groups in total. The van der Waals surface area contributed by atoms with Crippen molar-refractivity contribution < 1.29 is 28.2 Å². The molecule has 6 nitrogen and oxygen atoms in total. The zero-order chi connectivity index (χ0) is 15.1. The summed E-state index contributed by atoms with van der Waals surface area (Å²) in [6.07, 6.45) is -2.03. The number of sulfone groups is 1. The van der Waals surface area contributed by atoms with Gasteiger partial charge in [-0.05, 0) is 12.0 Å². The lowest BCUT2D eigenvalue weighted by atomic mass is 10.2. The van der Waals surface area contributed by atoms with Gasteiger partial charge >= 0.3 is 5.97 Å². The van der Waals surface area contributed by atoms with Gasteiger partial charge in [-0.25, -0.2) is 13.2 Å². The summed E-state index contributed by atoms with van der Waals surface area (Å²) in [4.78, 5) is 12.1. The highest BCUT2D eigenvalue weighted by atomic mass is 32.2. The van der Waals surface area contributed by atoms with Crippen LogP contribution in [0.1, 0.15) is 34.3 Å². The van der Waals surface area contributed by atoms with E-state index in [2.05, 4.69) is 0 Å². The topological polar surface area (TPSA) is 101 Å². The van der Waals surface area contributed by atoms with Gasteiger partial charge in [0.1, 0.15) is 18.0 Å². The highest BCUT2D eigenvalue weighted by molar-refractivity contribution is 7.91. The van der Waals surface area contributed by atoms with Gasteiger partial charge in [0.25, 0.3) is 0 Å². The third-order valence-electron chi connectivity index (χ3n) is 3.03. The van der Waals surface area contributed by atoms with Crippen LogP contribution in [-0.4, -0.2) is 48.3 Å². The van der Waals surface area contributed by atoms with Crippen LogP contribution in [0.2, 0.25) is 0 Å². The number of rotatable bonds is 4. The molecule has 0 amide bonds. The molecule has 0 aliphatic carbocycles. The van der Waals surface area contributed by atoms with E-state index in [-0.39, 0.29) is 28.1 Å². The Kier molecular flexibility index (Phi) is 4.08. The number of ether oxygens (including phenoxy) is 1. The van der Waals surface area contributed by atoms with E-state index in [0.717, 1.165) is 16.2 Å². The minimum atomic E-state index is -3.33. The third kappa shape index (κ3) is 3.13. The molecule has 0 saturated carbocycles. The number of hydrogen-bond donors (Lipinski definition) is 2. The maximum Gasteiger partial charge on any atom is 0.349 e. The fourth-order valence-electron chi connectivity index (χ4n) is 1.99. The van der Waals surface area contributed by atoms with Crippen LogP contribution < -0.4 is 4.74 Å². The quantitative estimate of drug-likeness (QED) is 0.862. The second-order valence-electron chi connectivity index (χ2n) is 5.10. The Labute approximate surface area is 120 Å².